The number of hydrogen-bond acceptors (Lipinski definition) is 5. The van der Waals surface area contributed by atoms with Gasteiger partial charge in [-0.3, -0.25) is 9.78 Å². The van der Waals surface area contributed by atoms with E-state index in [2.05, 4.69) is 9.97 Å². The van der Waals surface area contributed by atoms with Gasteiger partial charge in [0.25, 0.3) is 5.91 Å². The van der Waals surface area contributed by atoms with Crippen LogP contribution < -0.4 is 4.74 Å². The molecule has 26 heavy (non-hydrogen) atoms. The van der Waals surface area contributed by atoms with Crippen LogP contribution in [-0.4, -0.2) is 41.0 Å². The highest BCUT2D eigenvalue weighted by atomic mass is 32.1. The van der Waals surface area contributed by atoms with E-state index in [0.717, 1.165) is 27.7 Å². The minimum absolute atomic E-state index is 0.0463. The summed E-state index contributed by atoms with van der Waals surface area (Å²) in [7, 11) is 1.78. The van der Waals surface area contributed by atoms with E-state index in [1.54, 1.807) is 18.1 Å². The van der Waals surface area contributed by atoms with Gasteiger partial charge in [-0.25, -0.2) is 4.98 Å². The van der Waals surface area contributed by atoms with Gasteiger partial charge in [0.2, 0.25) is 0 Å². The highest BCUT2D eigenvalue weighted by molar-refractivity contribution is 7.17. The van der Waals surface area contributed by atoms with Crippen LogP contribution >= 0.6 is 11.3 Å². The molecule has 0 aliphatic heterocycles. The molecule has 0 atom stereocenters. The molecule has 0 unspecified atom stereocenters. The Morgan fingerprint density at radius 3 is 2.77 bits per heavy atom. The van der Waals surface area contributed by atoms with E-state index < -0.39 is 0 Å². The first-order valence-electron chi connectivity index (χ1n) is 8.38. The second-order valence-corrected chi connectivity index (χ2v) is 7.04. The molecule has 0 N–H and O–H groups in total. The van der Waals surface area contributed by atoms with E-state index in [9.17, 15) is 4.79 Å². The van der Waals surface area contributed by atoms with Gasteiger partial charge in [-0.1, -0.05) is 18.2 Å². The summed E-state index contributed by atoms with van der Waals surface area (Å²) < 4.78 is 5.73. The van der Waals surface area contributed by atoms with Crippen LogP contribution in [0.15, 0.2) is 48.7 Å². The number of aromatic nitrogens is 2. The molecule has 3 aromatic rings. The van der Waals surface area contributed by atoms with Crippen molar-refractivity contribution in [2.24, 2.45) is 0 Å². The van der Waals surface area contributed by atoms with Crippen LogP contribution in [0, 0.1) is 13.8 Å². The Kier molecular flexibility index (Phi) is 5.63. The highest BCUT2D eigenvalue weighted by Gasteiger charge is 2.20. The SMILES string of the molecule is Cc1cccc(OCCN(C)C(=O)c2sc(-c3ccccn3)nc2C)c1. The van der Waals surface area contributed by atoms with E-state index in [1.807, 2.05) is 56.3 Å². The topological polar surface area (TPSA) is 55.3 Å². The lowest BCUT2D eigenvalue weighted by atomic mass is 10.2. The molecule has 2 aromatic heterocycles. The minimum Gasteiger partial charge on any atom is -0.492 e. The van der Waals surface area contributed by atoms with Crippen molar-refractivity contribution in [1.29, 1.82) is 0 Å². The van der Waals surface area contributed by atoms with Crippen molar-refractivity contribution in [3.8, 4) is 16.5 Å². The van der Waals surface area contributed by atoms with Gasteiger partial charge in [0.15, 0.2) is 0 Å². The fourth-order valence-corrected chi connectivity index (χ4v) is 3.51. The number of hydrogen-bond donors (Lipinski definition) is 0. The number of nitrogens with zero attached hydrogens (tertiary/aromatic N) is 3. The lowest BCUT2D eigenvalue weighted by molar-refractivity contribution is 0.0777. The molecule has 0 spiro atoms. The Hall–Kier alpha value is -2.73. The number of rotatable bonds is 6. The zero-order chi connectivity index (χ0) is 18.5. The van der Waals surface area contributed by atoms with E-state index in [1.165, 1.54) is 11.3 Å². The first kappa shape index (κ1) is 18.1. The summed E-state index contributed by atoms with van der Waals surface area (Å²) in [4.78, 5) is 23.8. The Balaban J connectivity index is 1.62. The first-order chi connectivity index (χ1) is 12.5. The number of pyridine rings is 1. The highest BCUT2D eigenvalue weighted by Crippen LogP contribution is 2.27. The predicted octanol–water partition coefficient (Wildman–Crippen LogP) is 3.97. The molecule has 134 valence electrons. The van der Waals surface area contributed by atoms with Gasteiger partial charge in [0.05, 0.1) is 17.9 Å². The molecule has 0 fully saturated rings. The van der Waals surface area contributed by atoms with Gasteiger partial charge < -0.3 is 9.64 Å². The molecule has 5 nitrogen and oxygen atoms in total. The summed E-state index contributed by atoms with van der Waals surface area (Å²) in [6, 6.07) is 13.5. The second-order valence-electron chi connectivity index (χ2n) is 6.04. The fraction of sp³-hybridized carbons (Fsp3) is 0.250. The average Bonchev–Trinajstić information content (AvgIpc) is 3.03. The van der Waals surface area contributed by atoms with Crippen molar-refractivity contribution in [3.05, 3.63) is 64.8 Å². The largest absolute Gasteiger partial charge is 0.492 e. The average molecular weight is 367 g/mol. The van der Waals surface area contributed by atoms with Crippen molar-refractivity contribution >= 4 is 17.2 Å². The maximum atomic E-state index is 12.7. The van der Waals surface area contributed by atoms with Crippen LogP contribution in [0.25, 0.3) is 10.7 Å². The second kappa shape index (κ2) is 8.10. The number of likely N-dealkylation sites (N-methyl/N-ethyl adjacent to an activating group) is 1. The van der Waals surface area contributed by atoms with Crippen LogP contribution in [0.2, 0.25) is 0 Å². The quantitative estimate of drug-likeness (QED) is 0.661. The maximum absolute atomic E-state index is 12.7. The molecule has 0 radical (unpaired) electrons. The van der Waals surface area contributed by atoms with Crippen molar-refractivity contribution < 1.29 is 9.53 Å². The third-order valence-electron chi connectivity index (χ3n) is 3.91. The molecule has 3 rings (SSSR count). The third-order valence-corrected chi connectivity index (χ3v) is 5.07. The van der Waals surface area contributed by atoms with Crippen molar-refractivity contribution in [3.63, 3.8) is 0 Å². The number of carbonyl (C=O) groups is 1. The number of amides is 1. The van der Waals surface area contributed by atoms with Crippen molar-refractivity contribution in [2.45, 2.75) is 13.8 Å². The van der Waals surface area contributed by atoms with E-state index >= 15 is 0 Å². The number of aryl methyl sites for hydroxylation is 2. The van der Waals surface area contributed by atoms with Crippen LogP contribution in [-0.2, 0) is 0 Å². The zero-order valence-corrected chi connectivity index (χ0v) is 15.9. The van der Waals surface area contributed by atoms with Crippen molar-refractivity contribution in [1.82, 2.24) is 14.9 Å². The van der Waals surface area contributed by atoms with E-state index in [-0.39, 0.29) is 5.91 Å². The number of ether oxygens (including phenoxy) is 1. The first-order valence-corrected chi connectivity index (χ1v) is 9.20. The Labute approximate surface area is 157 Å². The standard InChI is InChI=1S/C20H21N3O2S/c1-14-7-6-8-16(13-14)25-12-11-23(3)20(24)18-15(2)22-19(26-18)17-9-4-5-10-21-17/h4-10,13H,11-12H2,1-3H3. The fourth-order valence-electron chi connectivity index (χ4n) is 2.47. The molecule has 0 saturated heterocycles. The predicted molar refractivity (Wildman–Crippen MR) is 104 cm³/mol. The number of thiazole rings is 1. The van der Waals surface area contributed by atoms with E-state index in [0.29, 0.717) is 18.0 Å². The van der Waals surface area contributed by atoms with Gasteiger partial charge in [0, 0.05) is 13.2 Å². The molecule has 1 aromatic carbocycles. The number of benzene rings is 1. The molecule has 1 amide bonds. The molecular formula is C20H21N3O2S. The monoisotopic (exact) mass is 367 g/mol. The summed E-state index contributed by atoms with van der Waals surface area (Å²) in [6.07, 6.45) is 1.72. The van der Waals surface area contributed by atoms with Crippen molar-refractivity contribution in [2.75, 3.05) is 20.2 Å². The Morgan fingerprint density at radius 1 is 1.19 bits per heavy atom. The van der Waals surface area contributed by atoms with Gasteiger partial charge in [-0.05, 0) is 43.7 Å². The molecule has 0 bridgehead atoms. The van der Waals surface area contributed by atoms with Crippen LogP contribution in [0.5, 0.6) is 5.75 Å². The Morgan fingerprint density at radius 2 is 2.04 bits per heavy atom. The lowest BCUT2D eigenvalue weighted by Gasteiger charge is -2.17. The zero-order valence-electron chi connectivity index (χ0n) is 15.1. The van der Waals surface area contributed by atoms with Crippen LogP contribution in [0.3, 0.4) is 0 Å². The van der Waals surface area contributed by atoms with E-state index in [4.69, 9.17) is 4.74 Å². The molecule has 0 aliphatic rings. The summed E-state index contributed by atoms with van der Waals surface area (Å²) >= 11 is 1.38. The summed E-state index contributed by atoms with van der Waals surface area (Å²) in [5, 5.41) is 0.760. The summed E-state index contributed by atoms with van der Waals surface area (Å²) in [5.74, 6) is 0.771. The molecular weight excluding hydrogens is 346 g/mol. The summed E-state index contributed by atoms with van der Waals surface area (Å²) in [6.45, 7) is 4.82. The normalized spacial score (nSPS) is 10.6. The molecule has 0 saturated carbocycles. The molecule has 6 heteroatoms. The Bertz CT molecular complexity index is 893. The lowest BCUT2D eigenvalue weighted by Crippen LogP contribution is -2.30. The van der Waals surface area contributed by atoms with Crippen LogP contribution in [0.1, 0.15) is 20.9 Å². The molecule has 2 heterocycles. The van der Waals surface area contributed by atoms with Gasteiger partial charge in [-0.15, -0.1) is 11.3 Å². The van der Waals surface area contributed by atoms with Gasteiger partial charge in [0.1, 0.15) is 22.2 Å². The van der Waals surface area contributed by atoms with Gasteiger partial charge >= 0.3 is 0 Å². The molecule has 0 aliphatic carbocycles. The summed E-state index contributed by atoms with van der Waals surface area (Å²) in [5.41, 5.74) is 2.66. The van der Waals surface area contributed by atoms with Gasteiger partial charge in [-0.2, -0.15) is 0 Å². The number of carbonyl (C=O) groups excluding carboxylic acids is 1. The van der Waals surface area contributed by atoms with Crippen LogP contribution in [0.4, 0.5) is 0 Å². The third kappa shape index (κ3) is 4.26. The minimum atomic E-state index is -0.0463. The smallest absolute Gasteiger partial charge is 0.265 e. The maximum Gasteiger partial charge on any atom is 0.265 e.